The third kappa shape index (κ3) is 5.19. The van der Waals surface area contributed by atoms with E-state index in [0.717, 1.165) is 11.1 Å². The van der Waals surface area contributed by atoms with Gasteiger partial charge in [0.2, 0.25) is 11.8 Å². The number of benzene rings is 2. The summed E-state index contributed by atoms with van der Waals surface area (Å²) in [6, 6.07) is 20.6. The molecule has 4 N–H and O–H groups in total. The van der Waals surface area contributed by atoms with Crippen LogP contribution in [0.2, 0.25) is 0 Å². The zero-order chi connectivity index (χ0) is 28.1. The Morgan fingerprint density at radius 1 is 0.925 bits per heavy atom. The molecule has 10 heteroatoms. The van der Waals surface area contributed by atoms with E-state index in [1.807, 2.05) is 60.7 Å². The molecular weight excluding hydrogens is 506 g/mol. The minimum absolute atomic E-state index is 0.121. The third-order valence-corrected chi connectivity index (χ3v) is 6.63. The molecule has 40 heavy (non-hydrogen) atoms. The number of carbonyl (C=O) groups is 3. The number of likely N-dealkylation sites (N-methyl/N-ethyl adjacent to an activating group) is 1. The molecular formula is C30H29N7O3. The van der Waals surface area contributed by atoms with Gasteiger partial charge in [-0.05, 0) is 23.8 Å². The normalized spacial score (nSPS) is 13.7. The van der Waals surface area contributed by atoms with Crippen molar-refractivity contribution in [1.29, 1.82) is 0 Å². The molecule has 5 rings (SSSR count). The Balaban J connectivity index is 1.46. The highest BCUT2D eigenvalue weighted by Gasteiger charge is 2.37. The predicted molar refractivity (Wildman–Crippen MR) is 153 cm³/mol. The summed E-state index contributed by atoms with van der Waals surface area (Å²) in [6.07, 6.45) is 6.63. The van der Waals surface area contributed by atoms with Gasteiger partial charge >= 0.3 is 0 Å². The van der Waals surface area contributed by atoms with Crippen molar-refractivity contribution in [3.8, 4) is 11.4 Å². The number of H-pyrrole nitrogens is 1. The summed E-state index contributed by atoms with van der Waals surface area (Å²) in [5.74, 6) is 0.380. The number of carbonyl (C=O) groups excluding carboxylic acids is 3. The molecule has 0 radical (unpaired) electrons. The van der Waals surface area contributed by atoms with Gasteiger partial charge in [-0.2, -0.15) is 0 Å². The Hall–Kier alpha value is -5.25. The van der Waals surface area contributed by atoms with Gasteiger partial charge in [0.1, 0.15) is 22.6 Å². The molecule has 0 spiro atoms. The molecule has 0 saturated heterocycles. The summed E-state index contributed by atoms with van der Waals surface area (Å²) in [6.45, 7) is 2.31. The molecule has 1 aliphatic heterocycles. The minimum atomic E-state index is -1.03. The topological polar surface area (TPSA) is 132 Å². The van der Waals surface area contributed by atoms with Crippen molar-refractivity contribution < 1.29 is 14.4 Å². The zero-order valence-electron chi connectivity index (χ0n) is 22.1. The van der Waals surface area contributed by atoms with Crippen LogP contribution >= 0.6 is 0 Å². The van der Waals surface area contributed by atoms with Crippen molar-refractivity contribution in [2.45, 2.75) is 12.3 Å². The molecule has 2 aromatic carbocycles. The monoisotopic (exact) mass is 535 g/mol. The van der Waals surface area contributed by atoms with E-state index in [2.05, 4.69) is 25.9 Å². The second-order valence-corrected chi connectivity index (χ2v) is 9.27. The second-order valence-electron chi connectivity index (χ2n) is 9.27. The fourth-order valence-corrected chi connectivity index (χ4v) is 4.57. The van der Waals surface area contributed by atoms with E-state index in [4.69, 9.17) is 4.98 Å². The molecule has 3 amide bonds. The molecule has 0 saturated carbocycles. The third-order valence-electron chi connectivity index (χ3n) is 6.63. The van der Waals surface area contributed by atoms with Crippen LogP contribution in [0.5, 0.6) is 0 Å². The van der Waals surface area contributed by atoms with Gasteiger partial charge in [-0.3, -0.25) is 19.3 Å². The summed E-state index contributed by atoms with van der Waals surface area (Å²) < 4.78 is 0. The van der Waals surface area contributed by atoms with Gasteiger partial charge in [0.15, 0.2) is 5.82 Å². The van der Waals surface area contributed by atoms with Gasteiger partial charge in [0.05, 0.1) is 5.39 Å². The first-order valence-electron chi connectivity index (χ1n) is 12.8. The van der Waals surface area contributed by atoms with Crippen molar-refractivity contribution in [2.24, 2.45) is 0 Å². The number of aromatic nitrogens is 3. The van der Waals surface area contributed by atoms with Gasteiger partial charge in [-0.1, -0.05) is 60.7 Å². The minimum Gasteiger partial charge on any atom is -0.368 e. The summed E-state index contributed by atoms with van der Waals surface area (Å²) in [7, 11) is 1.59. The number of nitrogens with zero attached hydrogens (tertiary/aromatic N) is 3. The van der Waals surface area contributed by atoms with Gasteiger partial charge in [0.25, 0.3) is 5.91 Å². The number of hydrogen-bond donors (Lipinski definition) is 4. The molecule has 1 aliphatic rings. The lowest BCUT2D eigenvalue weighted by molar-refractivity contribution is -0.123. The molecule has 10 nitrogen and oxygen atoms in total. The van der Waals surface area contributed by atoms with Gasteiger partial charge in [0, 0.05) is 45.0 Å². The van der Waals surface area contributed by atoms with Crippen LogP contribution in [-0.4, -0.2) is 57.7 Å². The van der Waals surface area contributed by atoms with Crippen LogP contribution in [0.1, 0.15) is 23.0 Å². The largest absolute Gasteiger partial charge is 0.368 e. The Kier molecular flexibility index (Phi) is 7.41. The lowest BCUT2D eigenvalue weighted by Gasteiger charge is -2.30. The van der Waals surface area contributed by atoms with Crippen LogP contribution in [0.15, 0.2) is 91.3 Å². The SMILES string of the molecule is CNC(=O)C1(c2ccccc2)C=CN(C(=O)c2cc3c(NCCNC(C)=O)nc(-c4ccccc4)nc3[nH]2)C=C1. The van der Waals surface area contributed by atoms with Gasteiger partial charge < -0.3 is 20.9 Å². The number of aromatic amines is 1. The van der Waals surface area contributed by atoms with Crippen LogP contribution in [0.25, 0.3) is 22.4 Å². The standard InChI is InChI=1S/C30H29N7O3/c1-20(38)32-15-16-33-26-23-19-24(34-27(23)36-25(35-26)21-9-5-3-6-10-21)28(39)37-17-13-30(14-18-37,29(40)31-2)22-11-7-4-8-12-22/h3-14,17-19H,15-16H2,1-2H3,(H,31,40)(H,32,38)(H2,33,34,35,36). The maximum absolute atomic E-state index is 13.5. The lowest BCUT2D eigenvalue weighted by atomic mass is 9.78. The summed E-state index contributed by atoms with van der Waals surface area (Å²) >= 11 is 0. The van der Waals surface area contributed by atoms with Crippen LogP contribution < -0.4 is 16.0 Å². The fourth-order valence-electron chi connectivity index (χ4n) is 4.57. The maximum Gasteiger partial charge on any atom is 0.278 e. The first kappa shape index (κ1) is 26.4. The van der Waals surface area contributed by atoms with Crippen molar-refractivity contribution in [1.82, 2.24) is 30.5 Å². The smallest absolute Gasteiger partial charge is 0.278 e. The van der Waals surface area contributed by atoms with E-state index >= 15 is 0 Å². The highest BCUT2D eigenvalue weighted by Crippen LogP contribution is 2.32. The van der Waals surface area contributed by atoms with Crippen LogP contribution in [0, 0.1) is 0 Å². The lowest BCUT2D eigenvalue weighted by Crippen LogP contribution is -2.42. The van der Waals surface area contributed by atoms with Crippen LogP contribution in [0.3, 0.4) is 0 Å². The van der Waals surface area contributed by atoms with Gasteiger partial charge in [-0.15, -0.1) is 0 Å². The van der Waals surface area contributed by atoms with E-state index in [9.17, 15) is 14.4 Å². The van der Waals surface area contributed by atoms with Crippen molar-refractivity contribution in [3.63, 3.8) is 0 Å². The average Bonchev–Trinajstić information content (AvgIpc) is 3.44. The van der Waals surface area contributed by atoms with Crippen LogP contribution in [-0.2, 0) is 15.0 Å². The number of anilines is 1. The second kappa shape index (κ2) is 11.2. The quantitative estimate of drug-likeness (QED) is 0.256. The zero-order valence-corrected chi connectivity index (χ0v) is 22.1. The molecule has 0 aliphatic carbocycles. The highest BCUT2D eigenvalue weighted by atomic mass is 16.2. The number of fused-ring (bicyclic) bond motifs is 1. The Labute approximate surface area is 231 Å². The van der Waals surface area contributed by atoms with E-state index in [-0.39, 0.29) is 17.7 Å². The Bertz CT molecular complexity index is 1600. The maximum atomic E-state index is 13.5. The van der Waals surface area contributed by atoms with Crippen molar-refractivity contribution in [3.05, 3.63) is 103 Å². The van der Waals surface area contributed by atoms with E-state index in [1.165, 1.54) is 11.8 Å². The van der Waals surface area contributed by atoms with E-state index in [1.54, 1.807) is 37.7 Å². The van der Waals surface area contributed by atoms with E-state index < -0.39 is 5.41 Å². The molecule has 0 unspecified atom stereocenters. The molecule has 202 valence electrons. The molecule has 0 atom stereocenters. The fraction of sp³-hybridized carbons (Fsp3) is 0.167. The number of nitrogens with one attached hydrogen (secondary N) is 4. The summed E-state index contributed by atoms with van der Waals surface area (Å²) in [5, 5.41) is 9.36. The Morgan fingerprint density at radius 3 is 2.25 bits per heavy atom. The van der Waals surface area contributed by atoms with Crippen molar-refractivity contribution >= 4 is 34.6 Å². The first-order chi connectivity index (χ1) is 19.4. The first-order valence-corrected chi connectivity index (χ1v) is 12.8. The van der Waals surface area contributed by atoms with Crippen molar-refractivity contribution in [2.75, 3.05) is 25.5 Å². The molecule has 0 fully saturated rings. The highest BCUT2D eigenvalue weighted by molar-refractivity contribution is 6.02. The predicted octanol–water partition coefficient (Wildman–Crippen LogP) is 3.34. The van der Waals surface area contributed by atoms with Crippen LogP contribution in [0.4, 0.5) is 5.82 Å². The summed E-state index contributed by atoms with van der Waals surface area (Å²) in [4.78, 5) is 51.6. The number of amides is 3. The van der Waals surface area contributed by atoms with E-state index in [0.29, 0.717) is 41.5 Å². The van der Waals surface area contributed by atoms with Gasteiger partial charge in [-0.25, -0.2) is 9.97 Å². The molecule has 4 aromatic rings. The average molecular weight is 536 g/mol. The molecule has 2 aromatic heterocycles. The summed E-state index contributed by atoms with van der Waals surface area (Å²) in [5.41, 5.74) is 1.38. The molecule has 0 bridgehead atoms. The number of hydrogen-bond acceptors (Lipinski definition) is 6. The molecule has 3 heterocycles. The number of rotatable bonds is 8. The Morgan fingerprint density at radius 2 is 1.60 bits per heavy atom.